The molecule has 0 aliphatic heterocycles. The number of primary amides is 1. The molecule has 0 bridgehead atoms. The van der Waals surface area contributed by atoms with Gasteiger partial charge < -0.3 is 21.1 Å². The number of hydrogen-bond acceptors (Lipinski definition) is 4. The third kappa shape index (κ3) is 3.48. The van der Waals surface area contributed by atoms with Crippen molar-refractivity contribution in [2.45, 2.75) is 25.2 Å². The van der Waals surface area contributed by atoms with Crippen molar-refractivity contribution in [3.63, 3.8) is 0 Å². The monoisotopic (exact) mass is 243 g/mol. The van der Waals surface area contributed by atoms with Crippen molar-refractivity contribution in [3.05, 3.63) is 35.1 Å². The second kappa shape index (κ2) is 5.72. The average Bonchev–Trinajstić information content (AvgIpc) is 2.28. The molecule has 0 heterocycles. The van der Waals surface area contributed by atoms with Crippen LogP contribution in [0.15, 0.2) is 18.2 Å². The molecule has 0 aliphatic rings. The first kappa shape index (κ1) is 13.6. The Morgan fingerprint density at radius 3 is 2.59 bits per heavy atom. The highest BCUT2D eigenvalue weighted by atomic mass is 19.1. The molecule has 1 rings (SSSR count). The average molecular weight is 243 g/mol. The summed E-state index contributed by atoms with van der Waals surface area (Å²) in [5, 5.41) is 28.0. The first-order valence-corrected chi connectivity index (χ1v) is 4.99. The smallest absolute Gasteiger partial charge is 0.220 e. The fourth-order valence-electron chi connectivity index (χ4n) is 1.44. The zero-order valence-corrected chi connectivity index (χ0v) is 9.01. The Balaban J connectivity index is 2.94. The van der Waals surface area contributed by atoms with E-state index in [2.05, 4.69) is 0 Å². The van der Waals surface area contributed by atoms with Crippen LogP contribution in [0.3, 0.4) is 0 Å². The van der Waals surface area contributed by atoms with Gasteiger partial charge in [-0.05, 0) is 17.7 Å². The summed E-state index contributed by atoms with van der Waals surface area (Å²) in [6.07, 6.45) is -3.51. The van der Waals surface area contributed by atoms with Crippen LogP contribution in [0.4, 0.5) is 4.39 Å². The van der Waals surface area contributed by atoms with E-state index in [9.17, 15) is 19.4 Å². The minimum Gasteiger partial charge on any atom is -0.392 e. The van der Waals surface area contributed by atoms with Gasteiger partial charge in [0.1, 0.15) is 11.9 Å². The van der Waals surface area contributed by atoms with Crippen LogP contribution < -0.4 is 5.73 Å². The number of nitrogens with two attached hydrogens (primary N) is 1. The van der Waals surface area contributed by atoms with Gasteiger partial charge in [-0.25, -0.2) is 4.39 Å². The minimum absolute atomic E-state index is 0.176. The summed E-state index contributed by atoms with van der Waals surface area (Å²) in [6, 6.07) is 3.65. The predicted molar refractivity (Wildman–Crippen MR) is 57.1 cm³/mol. The summed E-state index contributed by atoms with van der Waals surface area (Å²) in [5.74, 6) is -1.52. The van der Waals surface area contributed by atoms with Crippen molar-refractivity contribution in [3.8, 4) is 0 Å². The Hall–Kier alpha value is -1.50. The van der Waals surface area contributed by atoms with Crippen LogP contribution in [-0.4, -0.2) is 27.3 Å². The molecule has 1 aromatic carbocycles. The number of halogens is 1. The number of carbonyl (C=O) groups excluding carboxylic acids is 1. The highest BCUT2D eigenvalue weighted by Gasteiger charge is 2.23. The molecular formula is C11H14FNO4. The normalized spacial score (nSPS) is 14.4. The SMILES string of the molecule is NC(=O)CC(O)C(O)c1cc(CO)ccc1F. The van der Waals surface area contributed by atoms with E-state index in [0.29, 0.717) is 5.56 Å². The summed E-state index contributed by atoms with van der Waals surface area (Å²) in [5.41, 5.74) is 5.08. The summed E-state index contributed by atoms with van der Waals surface area (Å²) in [4.78, 5) is 10.6. The molecule has 17 heavy (non-hydrogen) atoms. The molecule has 0 aliphatic carbocycles. The van der Waals surface area contributed by atoms with Gasteiger partial charge in [0.25, 0.3) is 0 Å². The van der Waals surface area contributed by atoms with Crippen LogP contribution >= 0.6 is 0 Å². The van der Waals surface area contributed by atoms with E-state index in [4.69, 9.17) is 10.8 Å². The van der Waals surface area contributed by atoms with E-state index < -0.39 is 30.4 Å². The molecule has 2 atom stereocenters. The number of carbonyl (C=O) groups is 1. The zero-order valence-electron chi connectivity index (χ0n) is 9.01. The third-order valence-corrected chi connectivity index (χ3v) is 2.34. The molecule has 0 spiro atoms. The van der Waals surface area contributed by atoms with Crippen LogP contribution in [-0.2, 0) is 11.4 Å². The van der Waals surface area contributed by atoms with Crippen LogP contribution in [0.5, 0.6) is 0 Å². The quantitative estimate of drug-likeness (QED) is 0.564. The standard InChI is InChI=1S/C11H14FNO4/c12-8-2-1-6(5-14)3-7(8)11(17)9(15)4-10(13)16/h1-3,9,11,14-15,17H,4-5H2,(H2,13,16). The highest BCUT2D eigenvalue weighted by molar-refractivity contribution is 5.74. The highest BCUT2D eigenvalue weighted by Crippen LogP contribution is 2.23. The summed E-state index contributed by atoms with van der Waals surface area (Å²) in [6.45, 7) is -0.314. The van der Waals surface area contributed by atoms with Gasteiger partial charge >= 0.3 is 0 Å². The second-order valence-electron chi connectivity index (χ2n) is 3.70. The first-order valence-electron chi connectivity index (χ1n) is 4.99. The van der Waals surface area contributed by atoms with Gasteiger partial charge in [0.2, 0.25) is 5.91 Å². The molecule has 0 saturated heterocycles. The third-order valence-electron chi connectivity index (χ3n) is 2.34. The van der Waals surface area contributed by atoms with Crippen LogP contribution in [0.1, 0.15) is 23.7 Å². The largest absolute Gasteiger partial charge is 0.392 e. The lowest BCUT2D eigenvalue weighted by Crippen LogP contribution is -2.26. The molecule has 0 fully saturated rings. The number of aliphatic hydroxyl groups is 3. The Bertz CT molecular complexity index is 410. The van der Waals surface area contributed by atoms with Crippen molar-refractivity contribution in [2.24, 2.45) is 5.73 Å². The maximum absolute atomic E-state index is 13.4. The zero-order chi connectivity index (χ0) is 13.0. The van der Waals surface area contributed by atoms with Gasteiger partial charge in [-0.1, -0.05) is 6.07 Å². The van der Waals surface area contributed by atoms with E-state index in [1.54, 1.807) is 0 Å². The van der Waals surface area contributed by atoms with Crippen LogP contribution in [0, 0.1) is 5.82 Å². The topological polar surface area (TPSA) is 104 Å². The maximum atomic E-state index is 13.4. The molecule has 5 N–H and O–H groups in total. The van der Waals surface area contributed by atoms with E-state index >= 15 is 0 Å². The van der Waals surface area contributed by atoms with E-state index in [1.165, 1.54) is 12.1 Å². The van der Waals surface area contributed by atoms with Gasteiger partial charge in [-0.15, -0.1) is 0 Å². The Morgan fingerprint density at radius 2 is 2.06 bits per heavy atom. The molecule has 1 amide bonds. The predicted octanol–water partition coefficient (Wildman–Crippen LogP) is -0.412. The summed E-state index contributed by atoms with van der Waals surface area (Å²) < 4.78 is 13.4. The fraction of sp³-hybridized carbons (Fsp3) is 0.364. The molecule has 6 heteroatoms. The molecule has 0 saturated carbocycles. The first-order chi connectivity index (χ1) is 7.95. The van der Waals surface area contributed by atoms with Gasteiger partial charge in [0.15, 0.2) is 0 Å². The molecule has 2 unspecified atom stereocenters. The number of amides is 1. The number of hydrogen-bond donors (Lipinski definition) is 4. The number of rotatable bonds is 5. The lowest BCUT2D eigenvalue weighted by molar-refractivity contribution is -0.121. The number of benzene rings is 1. The Morgan fingerprint density at radius 1 is 1.41 bits per heavy atom. The van der Waals surface area contributed by atoms with Crippen LogP contribution in [0.2, 0.25) is 0 Å². The number of aliphatic hydroxyl groups excluding tert-OH is 3. The fourth-order valence-corrected chi connectivity index (χ4v) is 1.44. The summed E-state index contributed by atoms with van der Waals surface area (Å²) in [7, 11) is 0. The molecule has 0 radical (unpaired) electrons. The summed E-state index contributed by atoms with van der Waals surface area (Å²) >= 11 is 0. The minimum atomic E-state index is -1.56. The lowest BCUT2D eigenvalue weighted by atomic mass is 9.99. The van der Waals surface area contributed by atoms with E-state index in [1.807, 2.05) is 0 Å². The molecular weight excluding hydrogens is 229 g/mol. The van der Waals surface area contributed by atoms with Crippen molar-refractivity contribution >= 4 is 5.91 Å². The second-order valence-corrected chi connectivity index (χ2v) is 3.70. The molecule has 1 aromatic rings. The van der Waals surface area contributed by atoms with Gasteiger partial charge in [-0.3, -0.25) is 4.79 Å². The molecule has 94 valence electrons. The van der Waals surface area contributed by atoms with Gasteiger partial charge in [0, 0.05) is 5.56 Å². The molecule has 5 nitrogen and oxygen atoms in total. The van der Waals surface area contributed by atoms with E-state index in [-0.39, 0.29) is 12.2 Å². The Kier molecular flexibility index (Phi) is 4.56. The van der Waals surface area contributed by atoms with Crippen molar-refractivity contribution in [1.29, 1.82) is 0 Å². The van der Waals surface area contributed by atoms with Crippen molar-refractivity contribution in [2.75, 3.05) is 0 Å². The lowest BCUT2D eigenvalue weighted by Gasteiger charge is -2.18. The van der Waals surface area contributed by atoms with Crippen molar-refractivity contribution < 1.29 is 24.5 Å². The van der Waals surface area contributed by atoms with Gasteiger partial charge in [0.05, 0.1) is 19.1 Å². The van der Waals surface area contributed by atoms with Gasteiger partial charge in [-0.2, -0.15) is 0 Å². The van der Waals surface area contributed by atoms with Crippen molar-refractivity contribution in [1.82, 2.24) is 0 Å². The van der Waals surface area contributed by atoms with Crippen LogP contribution in [0.25, 0.3) is 0 Å². The maximum Gasteiger partial charge on any atom is 0.220 e. The molecule has 0 aromatic heterocycles. The Labute approximate surface area is 97.3 Å². The van der Waals surface area contributed by atoms with E-state index in [0.717, 1.165) is 6.07 Å².